The number of nitrogens with zero attached hydrogens (tertiary/aromatic N) is 1. The van der Waals surface area contributed by atoms with Gasteiger partial charge >= 0.3 is 0 Å². The van der Waals surface area contributed by atoms with Crippen LogP contribution in [0.15, 0.2) is 5.38 Å². The van der Waals surface area contributed by atoms with Crippen molar-refractivity contribution in [3.63, 3.8) is 0 Å². The van der Waals surface area contributed by atoms with Crippen LogP contribution in [0.3, 0.4) is 0 Å². The van der Waals surface area contributed by atoms with E-state index in [1.807, 2.05) is 11.8 Å². The molecule has 0 bridgehead atoms. The molecule has 2 unspecified atom stereocenters. The summed E-state index contributed by atoms with van der Waals surface area (Å²) in [5.41, 5.74) is 6.00. The molecule has 0 aromatic carbocycles. The van der Waals surface area contributed by atoms with Crippen molar-refractivity contribution >= 4 is 41.4 Å². The second-order valence-corrected chi connectivity index (χ2v) is 6.61. The van der Waals surface area contributed by atoms with Gasteiger partial charge in [-0.15, -0.1) is 23.7 Å². The highest BCUT2D eigenvalue weighted by Gasteiger charge is 2.23. The average Bonchev–Trinajstić information content (AvgIpc) is 2.88. The van der Waals surface area contributed by atoms with Crippen molar-refractivity contribution in [2.45, 2.75) is 43.5 Å². The van der Waals surface area contributed by atoms with Gasteiger partial charge in [0.15, 0.2) is 0 Å². The van der Waals surface area contributed by atoms with Gasteiger partial charge in [-0.3, -0.25) is 4.79 Å². The fourth-order valence-corrected chi connectivity index (χ4v) is 3.74. The third kappa shape index (κ3) is 4.63. The van der Waals surface area contributed by atoms with Crippen molar-refractivity contribution in [1.29, 1.82) is 0 Å². The summed E-state index contributed by atoms with van der Waals surface area (Å²) in [7, 11) is 0. The predicted octanol–water partition coefficient (Wildman–Crippen LogP) is 2.43. The van der Waals surface area contributed by atoms with Gasteiger partial charge in [-0.2, -0.15) is 11.8 Å². The highest BCUT2D eigenvalue weighted by atomic mass is 35.5. The first kappa shape index (κ1) is 16.8. The van der Waals surface area contributed by atoms with Crippen molar-refractivity contribution in [3.8, 4) is 0 Å². The van der Waals surface area contributed by atoms with Crippen molar-refractivity contribution in [3.05, 3.63) is 16.1 Å². The number of halogens is 1. The van der Waals surface area contributed by atoms with Crippen LogP contribution in [-0.4, -0.2) is 28.4 Å². The maximum absolute atomic E-state index is 12.0. The number of amides is 1. The molecule has 1 aliphatic carbocycles. The SMILES string of the molecule is CSC1CCCC(NC(=O)c2csc(CN)n2)C1.Cl. The molecule has 0 saturated heterocycles. The van der Waals surface area contributed by atoms with Crippen molar-refractivity contribution in [2.24, 2.45) is 5.73 Å². The van der Waals surface area contributed by atoms with Crippen LogP contribution in [0.25, 0.3) is 0 Å². The van der Waals surface area contributed by atoms with Crippen LogP contribution in [0.4, 0.5) is 0 Å². The number of hydrogen-bond acceptors (Lipinski definition) is 5. The fraction of sp³-hybridized carbons (Fsp3) is 0.667. The summed E-state index contributed by atoms with van der Waals surface area (Å²) in [4.78, 5) is 16.2. The molecule has 19 heavy (non-hydrogen) atoms. The number of rotatable bonds is 4. The molecule has 1 amide bonds. The lowest BCUT2D eigenvalue weighted by Gasteiger charge is -2.28. The quantitative estimate of drug-likeness (QED) is 0.893. The van der Waals surface area contributed by atoms with E-state index in [2.05, 4.69) is 16.6 Å². The molecular weight excluding hydrogens is 302 g/mol. The summed E-state index contributed by atoms with van der Waals surface area (Å²) < 4.78 is 0. The molecule has 1 aromatic heterocycles. The minimum Gasteiger partial charge on any atom is -0.348 e. The zero-order valence-electron chi connectivity index (χ0n) is 10.9. The molecule has 1 fully saturated rings. The second-order valence-electron chi connectivity index (χ2n) is 4.53. The molecule has 2 rings (SSSR count). The predicted molar refractivity (Wildman–Crippen MR) is 84.3 cm³/mol. The first-order chi connectivity index (χ1) is 8.72. The Kier molecular flexibility index (Phi) is 7.13. The number of nitrogens with two attached hydrogens (primary N) is 1. The number of carbonyl (C=O) groups excluding carboxylic acids is 1. The van der Waals surface area contributed by atoms with Crippen molar-refractivity contribution in [2.75, 3.05) is 6.26 Å². The number of aromatic nitrogens is 1. The summed E-state index contributed by atoms with van der Waals surface area (Å²) in [6.07, 6.45) is 6.75. The molecule has 1 aliphatic rings. The van der Waals surface area contributed by atoms with Gasteiger partial charge in [-0.1, -0.05) is 6.42 Å². The topological polar surface area (TPSA) is 68.0 Å². The normalized spacial score (nSPS) is 22.6. The molecule has 4 nitrogen and oxygen atoms in total. The average molecular weight is 322 g/mol. The van der Waals surface area contributed by atoms with Crippen LogP contribution in [0.5, 0.6) is 0 Å². The van der Waals surface area contributed by atoms with Gasteiger partial charge < -0.3 is 11.1 Å². The lowest BCUT2D eigenvalue weighted by atomic mass is 9.95. The van der Waals surface area contributed by atoms with E-state index in [1.54, 1.807) is 5.38 Å². The third-order valence-electron chi connectivity index (χ3n) is 3.25. The van der Waals surface area contributed by atoms with Gasteiger partial charge in [0.05, 0.1) is 0 Å². The molecule has 0 spiro atoms. The van der Waals surface area contributed by atoms with Crippen molar-refractivity contribution < 1.29 is 4.79 Å². The fourth-order valence-electron chi connectivity index (χ4n) is 2.26. The van der Waals surface area contributed by atoms with E-state index >= 15 is 0 Å². The maximum atomic E-state index is 12.0. The Balaban J connectivity index is 0.00000180. The first-order valence-electron chi connectivity index (χ1n) is 6.21. The van der Waals surface area contributed by atoms with Gasteiger partial charge in [0.25, 0.3) is 5.91 Å². The third-order valence-corrected chi connectivity index (χ3v) is 5.22. The van der Waals surface area contributed by atoms with E-state index in [1.165, 1.54) is 24.2 Å². The number of carbonyl (C=O) groups is 1. The smallest absolute Gasteiger partial charge is 0.270 e. The summed E-state index contributed by atoms with van der Waals surface area (Å²) in [6.45, 7) is 0.399. The Bertz CT molecular complexity index is 413. The molecule has 7 heteroatoms. The number of hydrogen-bond donors (Lipinski definition) is 2. The van der Waals surface area contributed by atoms with Crippen LogP contribution in [0.2, 0.25) is 0 Å². The number of thiazole rings is 1. The minimum absolute atomic E-state index is 0. The Hall–Kier alpha value is -0.300. The van der Waals surface area contributed by atoms with Gasteiger partial charge in [-0.05, 0) is 25.5 Å². The zero-order valence-corrected chi connectivity index (χ0v) is 13.4. The van der Waals surface area contributed by atoms with E-state index in [-0.39, 0.29) is 18.3 Å². The molecule has 0 aliphatic heterocycles. The lowest BCUT2D eigenvalue weighted by Crippen LogP contribution is -2.39. The van der Waals surface area contributed by atoms with E-state index < -0.39 is 0 Å². The zero-order chi connectivity index (χ0) is 13.0. The lowest BCUT2D eigenvalue weighted by molar-refractivity contribution is 0.0924. The van der Waals surface area contributed by atoms with Crippen LogP contribution < -0.4 is 11.1 Å². The highest BCUT2D eigenvalue weighted by Crippen LogP contribution is 2.27. The van der Waals surface area contributed by atoms with Crippen LogP contribution in [-0.2, 0) is 6.54 Å². The molecule has 1 heterocycles. The van der Waals surface area contributed by atoms with E-state index in [0.717, 1.165) is 17.8 Å². The van der Waals surface area contributed by atoms with E-state index in [4.69, 9.17) is 5.73 Å². The first-order valence-corrected chi connectivity index (χ1v) is 8.37. The Morgan fingerprint density at radius 1 is 1.63 bits per heavy atom. The summed E-state index contributed by atoms with van der Waals surface area (Å²) in [5, 5.41) is 6.36. The number of thioether (sulfide) groups is 1. The van der Waals surface area contributed by atoms with Crippen LogP contribution in [0.1, 0.15) is 41.2 Å². The van der Waals surface area contributed by atoms with Gasteiger partial charge in [0, 0.05) is 23.2 Å². The molecule has 0 radical (unpaired) electrons. The number of nitrogens with one attached hydrogen (secondary N) is 1. The van der Waals surface area contributed by atoms with E-state index in [9.17, 15) is 4.79 Å². The van der Waals surface area contributed by atoms with E-state index in [0.29, 0.717) is 23.5 Å². The molecular formula is C12H20ClN3OS2. The van der Waals surface area contributed by atoms with Gasteiger partial charge in [0.2, 0.25) is 0 Å². The Labute approximate surface area is 128 Å². The Morgan fingerprint density at radius 2 is 2.42 bits per heavy atom. The molecule has 2 atom stereocenters. The van der Waals surface area contributed by atoms with Crippen LogP contribution in [0, 0.1) is 0 Å². The minimum atomic E-state index is -0.0577. The van der Waals surface area contributed by atoms with Gasteiger partial charge in [0.1, 0.15) is 10.7 Å². The highest BCUT2D eigenvalue weighted by molar-refractivity contribution is 7.99. The monoisotopic (exact) mass is 321 g/mol. The standard InChI is InChI=1S/C12H19N3OS2.ClH/c1-17-9-4-2-3-8(5-9)14-12(16)10-7-18-11(6-13)15-10;/h7-9H,2-6,13H2,1H3,(H,14,16);1H. The second kappa shape index (κ2) is 8.09. The molecule has 108 valence electrons. The maximum Gasteiger partial charge on any atom is 0.270 e. The summed E-state index contributed by atoms with van der Waals surface area (Å²) in [6, 6.07) is 0.298. The van der Waals surface area contributed by atoms with Crippen molar-refractivity contribution in [1.82, 2.24) is 10.3 Å². The molecule has 3 N–H and O–H groups in total. The van der Waals surface area contributed by atoms with Crippen LogP contribution >= 0.6 is 35.5 Å². The van der Waals surface area contributed by atoms with Gasteiger partial charge in [-0.25, -0.2) is 4.98 Å². The summed E-state index contributed by atoms with van der Waals surface area (Å²) >= 11 is 3.34. The summed E-state index contributed by atoms with van der Waals surface area (Å²) in [5.74, 6) is -0.0577. The molecule has 1 aromatic rings. The largest absolute Gasteiger partial charge is 0.348 e. The molecule has 1 saturated carbocycles. The Morgan fingerprint density at radius 3 is 3.05 bits per heavy atom.